The lowest BCUT2D eigenvalue weighted by Gasteiger charge is -2.22. The fourth-order valence-corrected chi connectivity index (χ4v) is 3.79. The first-order valence-electron chi connectivity index (χ1n) is 11.5. The SMILES string of the molecule is C=C(C)[C@H]1CCC(C(=O)OCC[Si](C)(C)C)=C=CCC(C)(OCOC)C#C/C=C(/C)C(=O)C1. The molecular weight excluding hydrogens is 432 g/mol. The second kappa shape index (κ2) is 13.5. The highest BCUT2D eigenvalue weighted by atomic mass is 28.3. The minimum absolute atomic E-state index is 0.0210. The largest absolute Gasteiger partial charge is 0.462 e. The number of ether oxygens (including phenoxy) is 3. The van der Waals surface area contributed by atoms with Crippen LogP contribution in [0.5, 0.6) is 0 Å². The normalized spacial score (nSPS) is 24.0. The highest BCUT2D eigenvalue weighted by Crippen LogP contribution is 2.25. The van der Waals surface area contributed by atoms with E-state index in [4.69, 9.17) is 14.2 Å². The van der Waals surface area contributed by atoms with Gasteiger partial charge in [-0.25, -0.2) is 4.79 Å². The van der Waals surface area contributed by atoms with Gasteiger partial charge >= 0.3 is 5.97 Å². The van der Waals surface area contributed by atoms with E-state index in [0.717, 1.165) is 11.6 Å². The van der Waals surface area contributed by atoms with Gasteiger partial charge in [0.05, 0.1) is 12.2 Å². The molecule has 1 rings (SSSR count). The standard InChI is InChI=1S/C27H40O5Si/c1-21(2)24-14-13-23(26(29)31-17-18-33(6,7)8)12-10-16-27(4,32-20-30-5)15-9-11-22(3)25(28)19-24/h10-11,24H,1,13-14,16-20H2,2-8H3/b22-11-/t12?,24-,27?/m0/s1. The molecule has 0 bridgehead atoms. The molecule has 1 aliphatic rings. The van der Waals surface area contributed by atoms with Gasteiger partial charge in [0.15, 0.2) is 5.78 Å². The molecule has 0 fully saturated rings. The van der Waals surface area contributed by atoms with Crippen LogP contribution in [0.3, 0.4) is 0 Å². The summed E-state index contributed by atoms with van der Waals surface area (Å²) in [6, 6.07) is 0.906. The van der Waals surface area contributed by atoms with Crippen LogP contribution in [0.2, 0.25) is 25.7 Å². The molecule has 0 spiro atoms. The smallest absolute Gasteiger partial charge is 0.341 e. The molecule has 0 aliphatic heterocycles. The molecule has 0 aromatic carbocycles. The van der Waals surface area contributed by atoms with Crippen LogP contribution >= 0.6 is 0 Å². The quantitative estimate of drug-likeness (QED) is 0.115. The average molecular weight is 473 g/mol. The topological polar surface area (TPSA) is 61.8 Å². The highest BCUT2D eigenvalue weighted by molar-refractivity contribution is 6.76. The number of hydrogen-bond acceptors (Lipinski definition) is 5. The van der Waals surface area contributed by atoms with Crippen LogP contribution in [-0.4, -0.2) is 45.9 Å². The van der Waals surface area contributed by atoms with E-state index < -0.39 is 13.7 Å². The van der Waals surface area contributed by atoms with Crippen molar-refractivity contribution in [2.75, 3.05) is 20.5 Å². The van der Waals surface area contributed by atoms with Crippen molar-refractivity contribution in [1.29, 1.82) is 0 Å². The Labute approximate surface area is 201 Å². The molecular formula is C27H40O5Si. The third-order valence-corrected chi connectivity index (χ3v) is 7.24. The minimum atomic E-state index is -1.31. The fourth-order valence-electron chi connectivity index (χ4n) is 3.08. The van der Waals surface area contributed by atoms with Crippen molar-refractivity contribution in [3.05, 3.63) is 41.2 Å². The van der Waals surface area contributed by atoms with E-state index in [1.165, 1.54) is 0 Å². The predicted octanol–water partition coefficient (Wildman–Crippen LogP) is 5.61. The number of ketones is 1. The van der Waals surface area contributed by atoms with E-state index >= 15 is 0 Å². The van der Waals surface area contributed by atoms with Crippen molar-refractivity contribution >= 4 is 19.8 Å². The van der Waals surface area contributed by atoms with Crippen molar-refractivity contribution in [2.45, 2.75) is 77.7 Å². The van der Waals surface area contributed by atoms with Crippen LogP contribution in [0.15, 0.2) is 41.2 Å². The Bertz CT molecular complexity index is 874. The summed E-state index contributed by atoms with van der Waals surface area (Å²) in [5.41, 5.74) is 4.28. The van der Waals surface area contributed by atoms with Gasteiger partial charge < -0.3 is 14.2 Å². The molecule has 0 amide bonds. The zero-order valence-corrected chi connectivity index (χ0v) is 22.4. The first-order valence-corrected chi connectivity index (χ1v) is 15.2. The molecule has 2 atom stereocenters. The van der Waals surface area contributed by atoms with Crippen molar-refractivity contribution < 1.29 is 23.8 Å². The van der Waals surface area contributed by atoms with E-state index in [1.54, 1.807) is 26.2 Å². The lowest BCUT2D eigenvalue weighted by Crippen LogP contribution is -2.27. The molecule has 6 heteroatoms. The Morgan fingerprint density at radius 3 is 2.64 bits per heavy atom. The number of Topliss-reactive ketones (excluding diaryl/α,β-unsaturated/α-hetero) is 1. The van der Waals surface area contributed by atoms with Gasteiger partial charge in [-0.05, 0) is 57.7 Å². The number of rotatable bonds is 8. The van der Waals surface area contributed by atoms with Gasteiger partial charge in [0, 0.05) is 33.6 Å². The van der Waals surface area contributed by atoms with Gasteiger partial charge in [-0.3, -0.25) is 4.79 Å². The van der Waals surface area contributed by atoms with Crippen molar-refractivity contribution in [1.82, 2.24) is 0 Å². The third-order valence-electron chi connectivity index (χ3n) is 5.53. The molecule has 0 radical (unpaired) electrons. The van der Waals surface area contributed by atoms with Crippen molar-refractivity contribution in [2.24, 2.45) is 5.92 Å². The zero-order chi connectivity index (χ0) is 25.1. The summed E-state index contributed by atoms with van der Waals surface area (Å²) in [7, 11) is 0.233. The van der Waals surface area contributed by atoms with Crippen LogP contribution in [-0.2, 0) is 23.8 Å². The molecule has 0 N–H and O–H groups in total. The van der Waals surface area contributed by atoms with E-state index in [1.807, 2.05) is 13.8 Å². The number of hydrogen-bond donors (Lipinski definition) is 0. The zero-order valence-electron chi connectivity index (χ0n) is 21.4. The molecule has 0 saturated heterocycles. The first-order chi connectivity index (χ1) is 15.4. The number of allylic oxidation sites excluding steroid dienone is 3. The molecule has 0 aromatic rings. The number of methoxy groups -OCH3 is 1. The summed E-state index contributed by atoms with van der Waals surface area (Å²) in [5, 5.41) is 0. The second-order valence-electron chi connectivity index (χ2n) is 10.1. The molecule has 0 aromatic heterocycles. The van der Waals surface area contributed by atoms with Gasteiger partial charge in [0.2, 0.25) is 0 Å². The van der Waals surface area contributed by atoms with Crippen LogP contribution in [0.25, 0.3) is 0 Å². The molecule has 0 saturated carbocycles. The Morgan fingerprint density at radius 1 is 1.33 bits per heavy atom. The van der Waals surface area contributed by atoms with Gasteiger partial charge in [0.25, 0.3) is 0 Å². The maximum absolute atomic E-state index is 12.8. The summed E-state index contributed by atoms with van der Waals surface area (Å²) < 4.78 is 16.4. The van der Waals surface area contributed by atoms with E-state index in [2.05, 4.69) is 43.8 Å². The Kier molecular flexibility index (Phi) is 11.8. The summed E-state index contributed by atoms with van der Waals surface area (Å²) in [4.78, 5) is 25.6. The van der Waals surface area contributed by atoms with E-state index in [9.17, 15) is 9.59 Å². The lowest BCUT2D eigenvalue weighted by atomic mass is 9.88. The third kappa shape index (κ3) is 11.5. The maximum atomic E-state index is 12.8. The Morgan fingerprint density at radius 2 is 2.03 bits per heavy atom. The predicted molar refractivity (Wildman–Crippen MR) is 135 cm³/mol. The maximum Gasteiger partial charge on any atom is 0.341 e. The van der Waals surface area contributed by atoms with E-state index in [-0.39, 0.29) is 24.5 Å². The van der Waals surface area contributed by atoms with Crippen molar-refractivity contribution in [3.63, 3.8) is 0 Å². The number of carbonyl (C=O) groups is 2. The molecule has 182 valence electrons. The van der Waals surface area contributed by atoms with Crippen LogP contribution in [0, 0.1) is 17.8 Å². The van der Waals surface area contributed by atoms with Crippen LogP contribution in [0.4, 0.5) is 0 Å². The molecule has 1 unspecified atom stereocenters. The molecule has 33 heavy (non-hydrogen) atoms. The average Bonchev–Trinajstić information content (AvgIpc) is 2.71. The number of esters is 1. The number of carbonyl (C=O) groups excluding carboxylic acids is 2. The van der Waals surface area contributed by atoms with E-state index in [0.29, 0.717) is 43.4 Å². The lowest BCUT2D eigenvalue weighted by molar-refractivity contribution is -0.138. The van der Waals surface area contributed by atoms with Gasteiger partial charge in [0.1, 0.15) is 12.4 Å². The highest BCUT2D eigenvalue weighted by Gasteiger charge is 2.23. The van der Waals surface area contributed by atoms with Gasteiger partial charge in [-0.2, -0.15) is 0 Å². The van der Waals surface area contributed by atoms with Gasteiger partial charge in [-0.15, -0.1) is 5.73 Å². The Hall–Kier alpha value is -2.16. The van der Waals surface area contributed by atoms with Crippen molar-refractivity contribution in [3.8, 4) is 11.8 Å². The summed E-state index contributed by atoms with van der Waals surface area (Å²) in [6.07, 6.45) is 5.23. The monoisotopic (exact) mass is 472 g/mol. The molecule has 0 heterocycles. The molecule has 1 aliphatic carbocycles. The first kappa shape index (κ1) is 28.9. The fraction of sp³-hybridized carbons (Fsp3) is 0.593. The summed E-state index contributed by atoms with van der Waals surface area (Å²) in [5.74, 6) is 5.67. The minimum Gasteiger partial charge on any atom is -0.462 e. The van der Waals surface area contributed by atoms with Gasteiger partial charge in [-0.1, -0.05) is 43.6 Å². The van der Waals surface area contributed by atoms with Crippen LogP contribution < -0.4 is 0 Å². The Balaban J connectivity index is 3.28. The summed E-state index contributed by atoms with van der Waals surface area (Å²) >= 11 is 0. The second-order valence-corrected chi connectivity index (χ2v) is 15.7. The molecule has 5 nitrogen and oxygen atoms in total. The van der Waals surface area contributed by atoms with Crippen LogP contribution in [0.1, 0.15) is 46.5 Å². The summed E-state index contributed by atoms with van der Waals surface area (Å²) in [6.45, 7) is 16.8.